The zero-order valence-corrected chi connectivity index (χ0v) is 12.7. The highest BCUT2D eigenvalue weighted by atomic mass is 19.1. The standard InChI is InChI=1S/C19H21FO/c1-3-13-10-16(7-9-19(13)20)14-4-5-17-12-18(21-2)8-6-15(17)11-14/h6-10,12,14H,3-5,11H2,1-2H3. The lowest BCUT2D eigenvalue weighted by Gasteiger charge is -2.25. The molecule has 3 rings (SSSR count). The van der Waals surface area contributed by atoms with Crippen LogP contribution in [0.4, 0.5) is 4.39 Å². The van der Waals surface area contributed by atoms with Gasteiger partial charge in [-0.15, -0.1) is 0 Å². The molecule has 1 nitrogen and oxygen atoms in total. The van der Waals surface area contributed by atoms with Gasteiger partial charge in [0.15, 0.2) is 0 Å². The van der Waals surface area contributed by atoms with Crippen molar-refractivity contribution < 1.29 is 9.13 Å². The van der Waals surface area contributed by atoms with E-state index in [0.29, 0.717) is 5.92 Å². The minimum Gasteiger partial charge on any atom is -0.497 e. The Bertz CT molecular complexity index is 648. The molecule has 21 heavy (non-hydrogen) atoms. The fraction of sp³-hybridized carbons (Fsp3) is 0.368. The summed E-state index contributed by atoms with van der Waals surface area (Å²) in [7, 11) is 1.71. The van der Waals surface area contributed by atoms with Crippen LogP contribution >= 0.6 is 0 Å². The quantitative estimate of drug-likeness (QED) is 0.796. The number of ether oxygens (including phenoxy) is 1. The van der Waals surface area contributed by atoms with Crippen molar-refractivity contribution in [2.45, 2.75) is 38.5 Å². The van der Waals surface area contributed by atoms with E-state index in [1.54, 1.807) is 13.2 Å². The molecule has 0 amide bonds. The second-order valence-corrected chi connectivity index (χ2v) is 5.78. The monoisotopic (exact) mass is 284 g/mol. The van der Waals surface area contributed by atoms with Crippen LogP contribution in [0.3, 0.4) is 0 Å². The van der Waals surface area contributed by atoms with Crippen molar-refractivity contribution in [3.63, 3.8) is 0 Å². The molecule has 0 aliphatic heterocycles. The largest absolute Gasteiger partial charge is 0.497 e. The van der Waals surface area contributed by atoms with Crippen LogP contribution in [0.25, 0.3) is 0 Å². The highest BCUT2D eigenvalue weighted by Crippen LogP contribution is 2.34. The molecule has 2 aromatic carbocycles. The number of halogens is 1. The van der Waals surface area contributed by atoms with Crippen molar-refractivity contribution in [1.82, 2.24) is 0 Å². The molecule has 0 spiro atoms. The molecule has 1 aliphatic rings. The van der Waals surface area contributed by atoms with Crippen molar-refractivity contribution in [2.24, 2.45) is 0 Å². The summed E-state index contributed by atoms with van der Waals surface area (Å²) in [5, 5.41) is 0. The van der Waals surface area contributed by atoms with E-state index in [0.717, 1.165) is 37.0 Å². The molecular weight excluding hydrogens is 263 g/mol. The van der Waals surface area contributed by atoms with E-state index in [9.17, 15) is 4.39 Å². The lowest BCUT2D eigenvalue weighted by molar-refractivity contribution is 0.413. The number of aryl methyl sites for hydroxylation is 2. The van der Waals surface area contributed by atoms with Crippen LogP contribution in [0.5, 0.6) is 5.75 Å². The third-order valence-electron chi connectivity index (χ3n) is 4.56. The van der Waals surface area contributed by atoms with Crippen LogP contribution in [0.1, 0.15) is 41.5 Å². The molecule has 0 aromatic heterocycles. The van der Waals surface area contributed by atoms with Gasteiger partial charge in [0.25, 0.3) is 0 Å². The van der Waals surface area contributed by atoms with Gasteiger partial charge < -0.3 is 4.74 Å². The second-order valence-electron chi connectivity index (χ2n) is 5.78. The van der Waals surface area contributed by atoms with Crippen molar-refractivity contribution >= 4 is 0 Å². The summed E-state index contributed by atoms with van der Waals surface area (Å²) >= 11 is 0. The zero-order valence-electron chi connectivity index (χ0n) is 12.7. The van der Waals surface area contributed by atoms with Gasteiger partial charge in [0.05, 0.1) is 7.11 Å². The first-order valence-corrected chi connectivity index (χ1v) is 7.65. The molecule has 1 aliphatic carbocycles. The first-order chi connectivity index (χ1) is 10.2. The first-order valence-electron chi connectivity index (χ1n) is 7.65. The van der Waals surface area contributed by atoms with Gasteiger partial charge in [0, 0.05) is 0 Å². The molecule has 0 heterocycles. The van der Waals surface area contributed by atoms with Gasteiger partial charge in [0.2, 0.25) is 0 Å². The number of hydrogen-bond acceptors (Lipinski definition) is 1. The highest BCUT2D eigenvalue weighted by Gasteiger charge is 2.21. The summed E-state index contributed by atoms with van der Waals surface area (Å²) in [4.78, 5) is 0. The van der Waals surface area contributed by atoms with E-state index < -0.39 is 0 Å². The van der Waals surface area contributed by atoms with Crippen molar-refractivity contribution in [1.29, 1.82) is 0 Å². The first kappa shape index (κ1) is 14.1. The van der Waals surface area contributed by atoms with Crippen LogP contribution in [-0.4, -0.2) is 7.11 Å². The van der Waals surface area contributed by atoms with Gasteiger partial charge in [-0.3, -0.25) is 0 Å². The van der Waals surface area contributed by atoms with Gasteiger partial charge in [-0.2, -0.15) is 0 Å². The van der Waals surface area contributed by atoms with Crippen LogP contribution in [-0.2, 0) is 19.3 Å². The van der Waals surface area contributed by atoms with Crippen LogP contribution in [0.15, 0.2) is 36.4 Å². The summed E-state index contributed by atoms with van der Waals surface area (Å²) in [6, 6.07) is 12.0. The maximum Gasteiger partial charge on any atom is 0.126 e. The van der Waals surface area contributed by atoms with Crippen LogP contribution in [0.2, 0.25) is 0 Å². The number of methoxy groups -OCH3 is 1. The molecule has 0 radical (unpaired) electrons. The van der Waals surface area contributed by atoms with Gasteiger partial charge in [0.1, 0.15) is 11.6 Å². The Morgan fingerprint density at radius 2 is 2.00 bits per heavy atom. The van der Waals surface area contributed by atoms with E-state index in [4.69, 9.17) is 4.74 Å². The van der Waals surface area contributed by atoms with Crippen LogP contribution in [0, 0.1) is 5.82 Å². The SMILES string of the molecule is CCc1cc(C2CCc3cc(OC)ccc3C2)ccc1F. The molecule has 110 valence electrons. The molecule has 1 unspecified atom stereocenters. The number of fused-ring (bicyclic) bond motifs is 1. The van der Waals surface area contributed by atoms with Crippen molar-refractivity contribution in [3.05, 3.63) is 64.5 Å². The summed E-state index contributed by atoms with van der Waals surface area (Å²) in [5.74, 6) is 1.35. The Morgan fingerprint density at radius 1 is 1.14 bits per heavy atom. The Balaban J connectivity index is 1.86. The molecular formula is C19H21FO. The molecule has 0 saturated heterocycles. The van der Waals surface area contributed by atoms with Gasteiger partial charge in [-0.25, -0.2) is 4.39 Å². The van der Waals surface area contributed by atoms with E-state index in [1.807, 2.05) is 19.1 Å². The number of benzene rings is 2. The summed E-state index contributed by atoms with van der Waals surface area (Å²) in [5.41, 5.74) is 4.89. The second kappa shape index (κ2) is 5.88. The summed E-state index contributed by atoms with van der Waals surface area (Å²) < 4.78 is 18.9. The van der Waals surface area contributed by atoms with E-state index in [1.165, 1.54) is 16.7 Å². The smallest absolute Gasteiger partial charge is 0.126 e. The summed E-state index contributed by atoms with van der Waals surface area (Å²) in [6.07, 6.45) is 3.97. The average molecular weight is 284 g/mol. The van der Waals surface area contributed by atoms with Gasteiger partial charge in [-0.1, -0.05) is 25.1 Å². The molecule has 0 bridgehead atoms. The molecule has 2 heteroatoms. The number of hydrogen-bond donors (Lipinski definition) is 0. The third kappa shape index (κ3) is 2.80. The minimum absolute atomic E-state index is 0.0813. The molecule has 0 N–H and O–H groups in total. The maximum atomic E-state index is 13.6. The highest BCUT2D eigenvalue weighted by molar-refractivity contribution is 5.40. The Morgan fingerprint density at radius 3 is 2.76 bits per heavy atom. The lowest BCUT2D eigenvalue weighted by Crippen LogP contribution is -2.13. The summed E-state index contributed by atoms with van der Waals surface area (Å²) in [6.45, 7) is 2.00. The lowest BCUT2D eigenvalue weighted by atomic mass is 9.79. The van der Waals surface area contributed by atoms with Crippen molar-refractivity contribution in [3.8, 4) is 5.75 Å². The third-order valence-corrected chi connectivity index (χ3v) is 4.56. The predicted octanol–water partition coefficient (Wildman–Crippen LogP) is 4.67. The molecule has 0 saturated carbocycles. The average Bonchev–Trinajstić information content (AvgIpc) is 2.54. The molecule has 1 atom stereocenters. The fourth-order valence-electron chi connectivity index (χ4n) is 3.26. The Hall–Kier alpha value is -1.83. The van der Waals surface area contributed by atoms with E-state index in [-0.39, 0.29) is 5.82 Å². The Labute approximate surface area is 125 Å². The van der Waals surface area contributed by atoms with Crippen molar-refractivity contribution in [2.75, 3.05) is 7.11 Å². The van der Waals surface area contributed by atoms with Gasteiger partial charge in [-0.05, 0) is 72.1 Å². The van der Waals surface area contributed by atoms with E-state index in [2.05, 4.69) is 18.2 Å². The Kier molecular flexibility index (Phi) is 3.96. The molecule has 0 fully saturated rings. The maximum absolute atomic E-state index is 13.6. The fourth-order valence-corrected chi connectivity index (χ4v) is 3.26. The molecule has 2 aromatic rings. The van der Waals surface area contributed by atoms with Gasteiger partial charge >= 0.3 is 0 Å². The van der Waals surface area contributed by atoms with Crippen LogP contribution < -0.4 is 4.74 Å². The zero-order chi connectivity index (χ0) is 14.8. The van der Waals surface area contributed by atoms with E-state index >= 15 is 0 Å². The minimum atomic E-state index is -0.0813. The number of rotatable bonds is 3. The topological polar surface area (TPSA) is 9.23 Å². The normalized spacial score (nSPS) is 17.4. The predicted molar refractivity (Wildman–Crippen MR) is 83.5 cm³/mol.